The zero-order valence-electron chi connectivity index (χ0n) is 22.6. The molecule has 208 valence electrons. The van der Waals surface area contributed by atoms with Crippen LogP contribution in [-0.2, 0) is 50.1 Å². The second kappa shape index (κ2) is 14.9. The number of rotatable bonds is 13. The Bertz CT molecular complexity index is 1200. The van der Waals surface area contributed by atoms with Gasteiger partial charge in [-0.15, -0.1) is 0 Å². The molecule has 6 nitrogen and oxygen atoms in total. The summed E-state index contributed by atoms with van der Waals surface area (Å²) < 4.78 is 31.8. The van der Waals surface area contributed by atoms with Crippen molar-refractivity contribution in [1.29, 1.82) is 0 Å². The molecule has 4 aromatic rings. The standard InChI is InChI=1S/C34H37NO5/c35-31-33(38-23-28-17-9-3-10-18-28)32(37-22-27-15-7-2-8-16-27)30(25-36-21-26-13-5-1-6-14-26)40-34(31)39-24-29-19-11-4-12-20-29/h1-20,30-34H,21-25,35H2. The summed E-state index contributed by atoms with van der Waals surface area (Å²) in [6, 6.07) is 39.6. The molecule has 1 aliphatic heterocycles. The van der Waals surface area contributed by atoms with Gasteiger partial charge in [0, 0.05) is 0 Å². The lowest BCUT2D eigenvalue weighted by Gasteiger charge is -2.44. The van der Waals surface area contributed by atoms with Crippen LogP contribution in [0.5, 0.6) is 0 Å². The predicted molar refractivity (Wildman–Crippen MR) is 154 cm³/mol. The molecule has 0 amide bonds. The summed E-state index contributed by atoms with van der Waals surface area (Å²) in [4.78, 5) is 0. The van der Waals surface area contributed by atoms with E-state index in [4.69, 9.17) is 29.4 Å². The van der Waals surface area contributed by atoms with Crippen LogP contribution in [0.1, 0.15) is 22.3 Å². The van der Waals surface area contributed by atoms with E-state index >= 15 is 0 Å². The molecule has 0 spiro atoms. The Labute approximate surface area is 236 Å². The average Bonchev–Trinajstić information content (AvgIpc) is 3.01. The van der Waals surface area contributed by atoms with E-state index in [9.17, 15) is 0 Å². The number of ether oxygens (including phenoxy) is 5. The molecule has 0 bridgehead atoms. The summed E-state index contributed by atoms with van der Waals surface area (Å²) in [5, 5.41) is 0. The molecular formula is C34H37NO5. The summed E-state index contributed by atoms with van der Waals surface area (Å²) in [7, 11) is 0. The fraction of sp³-hybridized carbons (Fsp3) is 0.294. The van der Waals surface area contributed by atoms with Gasteiger partial charge in [-0.3, -0.25) is 0 Å². The second-order valence-corrected chi connectivity index (χ2v) is 9.94. The summed E-state index contributed by atoms with van der Waals surface area (Å²) in [6.45, 7) is 1.93. The number of nitrogens with two attached hydrogens (primary N) is 1. The SMILES string of the molecule is NC1C(OCc2ccccc2)OC(COCc2ccccc2)C(OCc2ccccc2)C1OCc1ccccc1. The minimum absolute atomic E-state index is 0.303. The van der Waals surface area contributed by atoms with Crippen LogP contribution in [0.2, 0.25) is 0 Å². The molecule has 0 aromatic heterocycles. The van der Waals surface area contributed by atoms with Gasteiger partial charge in [-0.05, 0) is 22.3 Å². The molecule has 1 aliphatic rings. The van der Waals surface area contributed by atoms with Crippen LogP contribution in [0.25, 0.3) is 0 Å². The largest absolute Gasteiger partial charge is 0.374 e. The van der Waals surface area contributed by atoms with E-state index in [1.807, 2.05) is 121 Å². The van der Waals surface area contributed by atoms with Crippen molar-refractivity contribution >= 4 is 0 Å². The molecule has 1 saturated heterocycles. The van der Waals surface area contributed by atoms with Crippen LogP contribution in [0.3, 0.4) is 0 Å². The van der Waals surface area contributed by atoms with Crippen molar-refractivity contribution in [3.8, 4) is 0 Å². The topological polar surface area (TPSA) is 72.2 Å². The van der Waals surface area contributed by atoms with E-state index in [0.717, 1.165) is 22.3 Å². The Morgan fingerprint density at radius 1 is 0.500 bits per heavy atom. The van der Waals surface area contributed by atoms with Crippen LogP contribution >= 0.6 is 0 Å². The highest BCUT2D eigenvalue weighted by Gasteiger charge is 2.46. The zero-order valence-corrected chi connectivity index (χ0v) is 22.6. The first kappa shape index (κ1) is 28.2. The molecular weight excluding hydrogens is 502 g/mol. The molecule has 0 aliphatic carbocycles. The van der Waals surface area contributed by atoms with Crippen LogP contribution in [-0.4, -0.2) is 37.3 Å². The van der Waals surface area contributed by atoms with Crippen molar-refractivity contribution in [3.63, 3.8) is 0 Å². The van der Waals surface area contributed by atoms with Crippen molar-refractivity contribution in [2.45, 2.75) is 57.1 Å². The van der Waals surface area contributed by atoms with Crippen LogP contribution in [0.4, 0.5) is 0 Å². The molecule has 40 heavy (non-hydrogen) atoms. The molecule has 5 unspecified atom stereocenters. The predicted octanol–water partition coefficient (Wildman–Crippen LogP) is 5.64. The lowest BCUT2D eigenvalue weighted by atomic mass is 9.96. The fourth-order valence-corrected chi connectivity index (χ4v) is 4.77. The molecule has 1 fully saturated rings. The van der Waals surface area contributed by atoms with Crippen molar-refractivity contribution in [3.05, 3.63) is 144 Å². The van der Waals surface area contributed by atoms with Gasteiger partial charge in [-0.25, -0.2) is 0 Å². The summed E-state index contributed by atoms with van der Waals surface area (Å²) in [6.07, 6.45) is -2.09. The maximum absolute atomic E-state index is 6.80. The summed E-state index contributed by atoms with van der Waals surface area (Å²) in [5.41, 5.74) is 11.0. The van der Waals surface area contributed by atoms with E-state index in [1.54, 1.807) is 0 Å². The molecule has 0 radical (unpaired) electrons. The first-order chi connectivity index (χ1) is 19.8. The third kappa shape index (κ3) is 8.08. The Balaban J connectivity index is 1.34. The fourth-order valence-electron chi connectivity index (χ4n) is 4.77. The third-order valence-electron chi connectivity index (χ3n) is 6.91. The van der Waals surface area contributed by atoms with Gasteiger partial charge >= 0.3 is 0 Å². The highest BCUT2D eigenvalue weighted by Crippen LogP contribution is 2.28. The van der Waals surface area contributed by atoms with Crippen molar-refractivity contribution in [1.82, 2.24) is 0 Å². The molecule has 6 heteroatoms. The average molecular weight is 540 g/mol. The normalized spacial score (nSPS) is 22.7. The molecule has 0 saturated carbocycles. The van der Waals surface area contributed by atoms with Gasteiger partial charge < -0.3 is 29.4 Å². The maximum Gasteiger partial charge on any atom is 0.176 e. The molecule has 1 heterocycles. The first-order valence-corrected chi connectivity index (χ1v) is 13.8. The number of benzene rings is 4. The van der Waals surface area contributed by atoms with Gasteiger partial charge in [0.25, 0.3) is 0 Å². The van der Waals surface area contributed by atoms with Crippen molar-refractivity contribution in [2.24, 2.45) is 5.73 Å². The van der Waals surface area contributed by atoms with Gasteiger partial charge in [-0.1, -0.05) is 121 Å². The molecule has 2 N–H and O–H groups in total. The Morgan fingerprint density at radius 2 is 0.900 bits per heavy atom. The van der Waals surface area contributed by atoms with Gasteiger partial charge in [0.15, 0.2) is 6.29 Å². The highest BCUT2D eigenvalue weighted by molar-refractivity contribution is 5.16. The van der Waals surface area contributed by atoms with Crippen LogP contribution in [0, 0.1) is 0 Å². The third-order valence-corrected chi connectivity index (χ3v) is 6.91. The quantitative estimate of drug-likeness (QED) is 0.237. The summed E-state index contributed by atoms with van der Waals surface area (Å²) in [5.74, 6) is 0. The second-order valence-electron chi connectivity index (χ2n) is 9.94. The van der Waals surface area contributed by atoms with Crippen molar-refractivity contribution < 1.29 is 23.7 Å². The lowest BCUT2D eigenvalue weighted by Crippen LogP contribution is -2.64. The van der Waals surface area contributed by atoms with E-state index < -0.39 is 30.6 Å². The number of hydrogen-bond donors (Lipinski definition) is 1. The van der Waals surface area contributed by atoms with Crippen molar-refractivity contribution in [2.75, 3.05) is 6.61 Å². The van der Waals surface area contributed by atoms with Gasteiger partial charge in [0.2, 0.25) is 0 Å². The lowest BCUT2D eigenvalue weighted by molar-refractivity contribution is -0.289. The van der Waals surface area contributed by atoms with Crippen LogP contribution in [0.15, 0.2) is 121 Å². The smallest absolute Gasteiger partial charge is 0.176 e. The maximum atomic E-state index is 6.80. The molecule has 5 rings (SSSR count). The van der Waals surface area contributed by atoms with Crippen LogP contribution < -0.4 is 5.73 Å². The van der Waals surface area contributed by atoms with E-state index in [1.165, 1.54) is 0 Å². The van der Waals surface area contributed by atoms with E-state index in [0.29, 0.717) is 33.0 Å². The monoisotopic (exact) mass is 539 g/mol. The molecule has 4 aromatic carbocycles. The van der Waals surface area contributed by atoms with E-state index in [2.05, 4.69) is 0 Å². The molecule has 5 atom stereocenters. The Morgan fingerprint density at radius 3 is 1.38 bits per heavy atom. The van der Waals surface area contributed by atoms with Gasteiger partial charge in [0.1, 0.15) is 18.3 Å². The minimum atomic E-state index is -0.692. The highest BCUT2D eigenvalue weighted by atomic mass is 16.7. The van der Waals surface area contributed by atoms with E-state index in [-0.39, 0.29) is 0 Å². The minimum Gasteiger partial charge on any atom is -0.374 e. The Kier molecular flexibility index (Phi) is 10.5. The first-order valence-electron chi connectivity index (χ1n) is 13.8. The zero-order chi connectivity index (χ0) is 27.4. The Hall–Kier alpha value is -3.36. The number of hydrogen-bond acceptors (Lipinski definition) is 6. The van der Waals surface area contributed by atoms with Gasteiger partial charge in [0.05, 0.1) is 39.1 Å². The van der Waals surface area contributed by atoms with Gasteiger partial charge in [-0.2, -0.15) is 0 Å². The summed E-state index contributed by atoms with van der Waals surface area (Å²) >= 11 is 0.